The molecule has 1 aromatic rings. The van der Waals surface area contributed by atoms with Gasteiger partial charge in [-0.3, -0.25) is 0 Å². The number of guanidine groups is 1. The van der Waals surface area contributed by atoms with Crippen molar-refractivity contribution >= 4 is 16.0 Å². The summed E-state index contributed by atoms with van der Waals surface area (Å²) in [5.41, 5.74) is 1.13. The van der Waals surface area contributed by atoms with Gasteiger partial charge in [-0.25, -0.2) is 18.1 Å². The summed E-state index contributed by atoms with van der Waals surface area (Å²) in [6.07, 6.45) is 1.14. The zero-order chi connectivity index (χ0) is 15.0. The Morgan fingerprint density at radius 2 is 1.85 bits per heavy atom. The van der Waals surface area contributed by atoms with Crippen molar-refractivity contribution in [3.05, 3.63) is 35.9 Å². The highest BCUT2D eigenvalue weighted by atomic mass is 32.2. The first-order valence-electron chi connectivity index (χ1n) is 6.32. The summed E-state index contributed by atoms with van der Waals surface area (Å²) in [5.74, 6) is 0.726. The number of nitrogens with one attached hydrogen (secondary N) is 2. The van der Waals surface area contributed by atoms with Gasteiger partial charge in [0.1, 0.15) is 0 Å². The minimum atomic E-state index is -3.14. The molecule has 0 saturated heterocycles. The maximum atomic E-state index is 10.9. The van der Waals surface area contributed by atoms with E-state index in [0.717, 1.165) is 17.8 Å². The second-order valence-corrected chi connectivity index (χ2v) is 6.45. The number of benzene rings is 1. The molecule has 112 valence electrons. The molecule has 2 N–H and O–H groups in total. The van der Waals surface area contributed by atoms with Crippen LogP contribution >= 0.6 is 0 Å². The largest absolute Gasteiger partial charge is 0.355 e. The first-order valence-corrected chi connectivity index (χ1v) is 8.22. The van der Waals surface area contributed by atoms with Crippen LogP contribution in [-0.4, -0.2) is 52.7 Å². The Labute approximate surface area is 121 Å². The van der Waals surface area contributed by atoms with Crippen molar-refractivity contribution in [2.45, 2.75) is 6.54 Å². The average Bonchev–Trinajstić information content (AvgIpc) is 2.37. The van der Waals surface area contributed by atoms with Gasteiger partial charge in [0.2, 0.25) is 10.0 Å². The van der Waals surface area contributed by atoms with E-state index in [9.17, 15) is 8.42 Å². The number of nitrogens with zero attached hydrogens (tertiary/aromatic N) is 2. The maximum absolute atomic E-state index is 10.9. The number of hydrogen-bond acceptors (Lipinski definition) is 3. The van der Waals surface area contributed by atoms with E-state index in [-0.39, 0.29) is 0 Å². The summed E-state index contributed by atoms with van der Waals surface area (Å²) in [5, 5.41) is 3.11. The third kappa shape index (κ3) is 7.10. The topological polar surface area (TPSA) is 73.8 Å². The number of aliphatic imine (C=N–C) groups is 1. The quantitative estimate of drug-likeness (QED) is 0.448. The van der Waals surface area contributed by atoms with Crippen LogP contribution in [0.2, 0.25) is 0 Å². The van der Waals surface area contributed by atoms with E-state index in [1.165, 1.54) is 0 Å². The van der Waals surface area contributed by atoms with E-state index in [1.807, 2.05) is 49.3 Å². The fraction of sp³-hybridized carbons (Fsp3) is 0.462. The van der Waals surface area contributed by atoms with Gasteiger partial charge in [-0.1, -0.05) is 30.3 Å². The highest BCUT2D eigenvalue weighted by Gasteiger charge is 2.03. The van der Waals surface area contributed by atoms with Gasteiger partial charge in [-0.05, 0) is 5.56 Å². The number of rotatable bonds is 6. The van der Waals surface area contributed by atoms with Crippen LogP contribution in [0.3, 0.4) is 0 Å². The molecule has 0 radical (unpaired) electrons. The smallest absolute Gasteiger partial charge is 0.208 e. The second kappa shape index (κ2) is 7.86. The molecule has 0 bridgehead atoms. The predicted octanol–water partition coefficient (Wildman–Crippen LogP) is 0.243. The molecule has 0 aliphatic carbocycles. The van der Waals surface area contributed by atoms with Crippen LogP contribution in [0.25, 0.3) is 0 Å². The van der Waals surface area contributed by atoms with Gasteiger partial charge < -0.3 is 10.2 Å². The molecule has 0 aliphatic heterocycles. The van der Waals surface area contributed by atoms with Crippen molar-refractivity contribution < 1.29 is 8.42 Å². The molecular formula is C13H22N4O2S. The van der Waals surface area contributed by atoms with E-state index < -0.39 is 10.0 Å². The Bertz CT molecular complexity index is 527. The summed E-state index contributed by atoms with van der Waals surface area (Å²) in [4.78, 5) is 6.35. The van der Waals surface area contributed by atoms with Crippen LogP contribution < -0.4 is 10.0 Å². The lowest BCUT2D eigenvalue weighted by molar-refractivity contribution is 0.570. The summed E-state index contributed by atoms with van der Waals surface area (Å²) < 4.78 is 24.3. The minimum absolute atomic E-state index is 0.330. The van der Waals surface area contributed by atoms with Crippen LogP contribution in [0.5, 0.6) is 0 Å². The summed E-state index contributed by atoms with van der Waals surface area (Å²) >= 11 is 0. The summed E-state index contributed by atoms with van der Waals surface area (Å²) in [6.45, 7) is 1.40. The molecule has 1 aromatic carbocycles. The first kappa shape index (κ1) is 16.5. The van der Waals surface area contributed by atoms with Gasteiger partial charge in [0, 0.05) is 27.2 Å². The molecule has 0 spiro atoms. The van der Waals surface area contributed by atoms with E-state index >= 15 is 0 Å². The van der Waals surface area contributed by atoms with E-state index in [0.29, 0.717) is 19.6 Å². The lowest BCUT2D eigenvalue weighted by Gasteiger charge is -2.17. The Morgan fingerprint density at radius 1 is 1.20 bits per heavy atom. The van der Waals surface area contributed by atoms with E-state index in [4.69, 9.17) is 0 Å². The minimum Gasteiger partial charge on any atom is -0.355 e. The standard InChI is InChI=1S/C13H22N4O2S/c1-17(2)13(14-9-10-16-20(3,18)19)15-11-12-7-5-4-6-8-12/h4-8,16H,9-11H2,1-3H3,(H,14,15). The molecule has 20 heavy (non-hydrogen) atoms. The zero-order valence-corrected chi connectivity index (χ0v) is 12.9. The van der Waals surface area contributed by atoms with Crippen molar-refractivity contribution in [1.82, 2.24) is 14.9 Å². The van der Waals surface area contributed by atoms with Gasteiger partial charge in [-0.15, -0.1) is 0 Å². The predicted molar refractivity (Wildman–Crippen MR) is 82.1 cm³/mol. The van der Waals surface area contributed by atoms with Crippen LogP contribution in [0.1, 0.15) is 5.56 Å². The second-order valence-electron chi connectivity index (χ2n) is 4.61. The van der Waals surface area contributed by atoms with Gasteiger partial charge in [0.25, 0.3) is 0 Å². The molecule has 7 heteroatoms. The van der Waals surface area contributed by atoms with Gasteiger partial charge in [-0.2, -0.15) is 0 Å². The average molecular weight is 298 g/mol. The Balaban J connectivity index is 2.48. The first-order chi connectivity index (χ1) is 9.38. The van der Waals surface area contributed by atoms with Crippen molar-refractivity contribution in [2.24, 2.45) is 4.99 Å². The lowest BCUT2D eigenvalue weighted by Crippen LogP contribution is -2.40. The van der Waals surface area contributed by atoms with Crippen LogP contribution in [0.4, 0.5) is 0 Å². The molecule has 6 nitrogen and oxygen atoms in total. The lowest BCUT2D eigenvalue weighted by atomic mass is 10.2. The molecule has 0 atom stereocenters. The Kier molecular flexibility index (Phi) is 6.47. The Hall–Kier alpha value is -1.60. The molecule has 1 rings (SSSR count). The van der Waals surface area contributed by atoms with Crippen LogP contribution in [0, 0.1) is 0 Å². The number of sulfonamides is 1. The summed E-state index contributed by atoms with van der Waals surface area (Å²) in [6, 6.07) is 9.95. The molecule has 0 aliphatic rings. The molecule has 0 heterocycles. The fourth-order valence-corrected chi connectivity index (χ4v) is 1.99. The summed E-state index contributed by atoms with van der Waals surface area (Å²) in [7, 11) is 0.638. The van der Waals surface area contributed by atoms with E-state index in [1.54, 1.807) is 0 Å². The SMILES string of the molecule is CN(C)C(=NCc1ccccc1)NCCNS(C)(=O)=O. The van der Waals surface area contributed by atoms with Crippen molar-refractivity contribution in [3.8, 4) is 0 Å². The van der Waals surface area contributed by atoms with Crippen LogP contribution in [-0.2, 0) is 16.6 Å². The monoisotopic (exact) mass is 298 g/mol. The third-order valence-corrected chi connectivity index (χ3v) is 3.18. The van der Waals surface area contributed by atoms with Crippen molar-refractivity contribution in [1.29, 1.82) is 0 Å². The molecule has 0 aromatic heterocycles. The van der Waals surface area contributed by atoms with E-state index in [2.05, 4.69) is 15.0 Å². The van der Waals surface area contributed by atoms with Crippen molar-refractivity contribution in [2.75, 3.05) is 33.4 Å². The fourth-order valence-electron chi connectivity index (χ4n) is 1.52. The van der Waals surface area contributed by atoms with Gasteiger partial charge in [0.15, 0.2) is 5.96 Å². The molecule has 0 saturated carbocycles. The van der Waals surface area contributed by atoms with Crippen molar-refractivity contribution in [3.63, 3.8) is 0 Å². The molecule has 0 unspecified atom stereocenters. The molecule has 0 fully saturated rings. The van der Waals surface area contributed by atoms with Gasteiger partial charge in [0.05, 0.1) is 12.8 Å². The maximum Gasteiger partial charge on any atom is 0.208 e. The molecule has 0 amide bonds. The Morgan fingerprint density at radius 3 is 2.40 bits per heavy atom. The molecular weight excluding hydrogens is 276 g/mol. The van der Waals surface area contributed by atoms with Crippen LogP contribution in [0.15, 0.2) is 35.3 Å². The highest BCUT2D eigenvalue weighted by molar-refractivity contribution is 7.88. The third-order valence-electron chi connectivity index (χ3n) is 2.45. The highest BCUT2D eigenvalue weighted by Crippen LogP contribution is 2.00. The normalized spacial score (nSPS) is 12.2. The van der Waals surface area contributed by atoms with Gasteiger partial charge >= 0.3 is 0 Å². The zero-order valence-electron chi connectivity index (χ0n) is 12.1. The number of hydrogen-bond donors (Lipinski definition) is 2.